The molecule has 0 spiro atoms. The molecule has 1 heterocycles. The normalized spacial score (nSPS) is 9.33. The molecule has 0 unspecified atom stereocenters. The Bertz CT molecular complexity index is 288. The van der Waals surface area contributed by atoms with Gasteiger partial charge in [-0.15, -0.1) is 0 Å². The van der Waals surface area contributed by atoms with Crippen molar-refractivity contribution in [2.24, 2.45) is 0 Å². The summed E-state index contributed by atoms with van der Waals surface area (Å²) >= 11 is 0. The van der Waals surface area contributed by atoms with E-state index in [0.717, 1.165) is 18.7 Å². The van der Waals surface area contributed by atoms with Crippen molar-refractivity contribution in [1.82, 2.24) is 10.3 Å². The summed E-state index contributed by atoms with van der Waals surface area (Å²) in [5, 5.41) is 11.6. The van der Waals surface area contributed by atoms with Crippen molar-refractivity contribution in [2.75, 3.05) is 13.6 Å². The summed E-state index contributed by atoms with van der Waals surface area (Å²) in [6, 6.07) is 7.51. The van der Waals surface area contributed by atoms with Gasteiger partial charge in [-0.1, -0.05) is 6.07 Å². The minimum absolute atomic E-state index is 0.489. The van der Waals surface area contributed by atoms with E-state index in [0.29, 0.717) is 5.69 Å². The summed E-state index contributed by atoms with van der Waals surface area (Å²) in [5.74, 6) is 0. The van der Waals surface area contributed by atoms with Gasteiger partial charge >= 0.3 is 0 Å². The molecule has 1 N–H and O–H groups in total. The highest BCUT2D eigenvalue weighted by atomic mass is 14.8. The van der Waals surface area contributed by atoms with E-state index in [1.54, 1.807) is 6.07 Å². The number of likely N-dealkylation sites (N-methyl/N-ethyl adjacent to an activating group) is 1. The van der Waals surface area contributed by atoms with Crippen molar-refractivity contribution < 1.29 is 0 Å². The topological polar surface area (TPSA) is 48.7 Å². The number of hydrogen-bond acceptors (Lipinski definition) is 3. The maximum atomic E-state index is 8.56. The molecule has 0 bridgehead atoms. The third kappa shape index (κ3) is 2.33. The Hall–Kier alpha value is -1.40. The average molecular weight is 161 g/mol. The van der Waals surface area contributed by atoms with Crippen molar-refractivity contribution in [3.8, 4) is 6.07 Å². The van der Waals surface area contributed by atoms with Crippen LogP contribution in [0.1, 0.15) is 11.4 Å². The fourth-order valence-corrected chi connectivity index (χ4v) is 0.934. The monoisotopic (exact) mass is 161 g/mol. The third-order valence-corrected chi connectivity index (χ3v) is 1.55. The summed E-state index contributed by atoms with van der Waals surface area (Å²) in [7, 11) is 1.90. The Morgan fingerprint density at radius 2 is 2.42 bits per heavy atom. The lowest BCUT2D eigenvalue weighted by Crippen LogP contribution is -2.11. The Balaban J connectivity index is 2.68. The Morgan fingerprint density at radius 1 is 1.58 bits per heavy atom. The number of aromatic nitrogens is 1. The quantitative estimate of drug-likeness (QED) is 0.710. The lowest BCUT2D eigenvalue weighted by molar-refractivity contribution is 0.775. The zero-order valence-corrected chi connectivity index (χ0v) is 7.04. The van der Waals surface area contributed by atoms with Gasteiger partial charge in [-0.05, 0) is 19.2 Å². The molecular weight excluding hydrogens is 150 g/mol. The third-order valence-electron chi connectivity index (χ3n) is 1.55. The maximum Gasteiger partial charge on any atom is 0.140 e. The Labute approximate surface area is 72.1 Å². The maximum absolute atomic E-state index is 8.56. The summed E-state index contributed by atoms with van der Waals surface area (Å²) < 4.78 is 0. The molecular formula is C9H11N3. The molecule has 0 atom stereocenters. The zero-order valence-electron chi connectivity index (χ0n) is 7.04. The van der Waals surface area contributed by atoms with Gasteiger partial charge in [-0.3, -0.25) is 0 Å². The highest BCUT2D eigenvalue weighted by Crippen LogP contribution is 1.98. The molecule has 0 aromatic carbocycles. The molecule has 0 saturated carbocycles. The first-order chi connectivity index (χ1) is 5.86. The van der Waals surface area contributed by atoms with Crippen LogP contribution in [0, 0.1) is 11.3 Å². The van der Waals surface area contributed by atoms with Crippen LogP contribution in [-0.4, -0.2) is 18.6 Å². The van der Waals surface area contributed by atoms with E-state index < -0.39 is 0 Å². The van der Waals surface area contributed by atoms with Crippen molar-refractivity contribution >= 4 is 0 Å². The molecule has 62 valence electrons. The molecule has 0 amide bonds. The van der Waals surface area contributed by atoms with E-state index in [1.165, 1.54) is 0 Å². The van der Waals surface area contributed by atoms with Crippen molar-refractivity contribution in [3.63, 3.8) is 0 Å². The summed E-state index contributed by atoms with van der Waals surface area (Å²) in [4.78, 5) is 4.13. The van der Waals surface area contributed by atoms with E-state index in [4.69, 9.17) is 5.26 Å². The lowest BCUT2D eigenvalue weighted by Gasteiger charge is -1.98. The van der Waals surface area contributed by atoms with Crippen molar-refractivity contribution in [2.45, 2.75) is 6.42 Å². The standard InChI is InChI=1S/C9H11N3/c1-11-6-5-8-3-2-4-9(7-10)12-8/h2-4,11H,5-6H2,1H3. The second kappa shape index (κ2) is 4.47. The van der Waals surface area contributed by atoms with Crippen LogP contribution < -0.4 is 5.32 Å². The first kappa shape index (κ1) is 8.69. The van der Waals surface area contributed by atoms with Gasteiger partial charge in [0.15, 0.2) is 0 Å². The first-order valence-corrected chi connectivity index (χ1v) is 3.87. The van der Waals surface area contributed by atoms with E-state index >= 15 is 0 Å². The van der Waals surface area contributed by atoms with Gasteiger partial charge in [0.05, 0.1) is 0 Å². The average Bonchev–Trinajstić information content (AvgIpc) is 2.15. The van der Waals surface area contributed by atoms with Gasteiger partial charge < -0.3 is 5.32 Å². The van der Waals surface area contributed by atoms with E-state index in [2.05, 4.69) is 10.3 Å². The summed E-state index contributed by atoms with van der Waals surface area (Å²) in [5.41, 5.74) is 1.45. The van der Waals surface area contributed by atoms with Crippen LogP contribution in [0.2, 0.25) is 0 Å². The smallest absolute Gasteiger partial charge is 0.140 e. The van der Waals surface area contributed by atoms with Gasteiger partial charge in [0.25, 0.3) is 0 Å². The largest absolute Gasteiger partial charge is 0.319 e. The molecule has 0 radical (unpaired) electrons. The van der Waals surface area contributed by atoms with Crippen LogP contribution in [0.15, 0.2) is 18.2 Å². The lowest BCUT2D eigenvalue weighted by atomic mass is 10.2. The van der Waals surface area contributed by atoms with Gasteiger partial charge in [0.1, 0.15) is 11.8 Å². The van der Waals surface area contributed by atoms with Gasteiger partial charge in [0.2, 0.25) is 0 Å². The van der Waals surface area contributed by atoms with Crippen LogP contribution >= 0.6 is 0 Å². The second-order valence-corrected chi connectivity index (χ2v) is 2.48. The number of nitriles is 1. The molecule has 0 aliphatic heterocycles. The van der Waals surface area contributed by atoms with Gasteiger partial charge in [0, 0.05) is 18.7 Å². The number of rotatable bonds is 3. The minimum Gasteiger partial charge on any atom is -0.319 e. The number of hydrogen-bond donors (Lipinski definition) is 1. The summed E-state index contributed by atoms with van der Waals surface area (Å²) in [6.07, 6.45) is 0.867. The van der Waals surface area contributed by atoms with Crippen LogP contribution in [0.4, 0.5) is 0 Å². The number of nitrogens with zero attached hydrogens (tertiary/aromatic N) is 2. The minimum atomic E-state index is 0.489. The number of nitrogens with one attached hydrogen (secondary N) is 1. The number of pyridine rings is 1. The molecule has 3 heteroatoms. The molecule has 1 aromatic heterocycles. The van der Waals surface area contributed by atoms with Gasteiger partial charge in [-0.25, -0.2) is 4.98 Å². The molecule has 1 rings (SSSR count). The highest BCUT2D eigenvalue weighted by molar-refractivity contribution is 5.22. The van der Waals surface area contributed by atoms with E-state index in [1.807, 2.05) is 25.2 Å². The predicted octanol–water partition coefficient (Wildman–Crippen LogP) is 0.715. The molecule has 12 heavy (non-hydrogen) atoms. The second-order valence-electron chi connectivity index (χ2n) is 2.48. The Kier molecular flexibility index (Phi) is 3.24. The molecule has 0 aliphatic rings. The van der Waals surface area contributed by atoms with Crippen LogP contribution in [-0.2, 0) is 6.42 Å². The Morgan fingerprint density at radius 3 is 3.08 bits per heavy atom. The SMILES string of the molecule is CNCCc1cccc(C#N)n1. The molecule has 1 aromatic rings. The van der Waals surface area contributed by atoms with Crippen LogP contribution in [0.25, 0.3) is 0 Å². The van der Waals surface area contributed by atoms with E-state index in [9.17, 15) is 0 Å². The predicted molar refractivity (Wildman–Crippen MR) is 46.6 cm³/mol. The van der Waals surface area contributed by atoms with Crippen molar-refractivity contribution in [3.05, 3.63) is 29.6 Å². The molecule has 3 nitrogen and oxygen atoms in total. The van der Waals surface area contributed by atoms with Crippen LogP contribution in [0.5, 0.6) is 0 Å². The summed E-state index contributed by atoms with van der Waals surface area (Å²) in [6.45, 7) is 0.891. The highest BCUT2D eigenvalue weighted by Gasteiger charge is 1.94. The van der Waals surface area contributed by atoms with Crippen molar-refractivity contribution in [1.29, 1.82) is 5.26 Å². The van der Waals surface area contributed by atoms with Gasteiger partial charge in [-0.2, -0.15) is 5.26 Å². The molecule has 0 aliphatic carbocycles. The fraction of sp³-hybridized carbons (Fsp3) is 0.333. The van der Waals surface area contributed by atoms with E-state index in [-0.39, 0.29) is 0 Å². The molecule has 0 saturated heterocycles. The van der Waals surface area contributed by atoms with Crippen LogP contribution in [0.3, 0.4) is 0 Å². The molecule has 0 fully saturated rings. The first-order valence-electron chi connectivity index (χ1n) is 3.87. The fourth-order valence-electron chi connectivity index (χ4n) is 0.934. The zero-order chi connectivity index (χ0) is 8.81.